The van der Waals surface area contributed by atoms with E-state index < -0.39 is 0 Å². The minimum Gasteiger partial charge on any atom is -0.474 e. The second-order valence-electron chi connectivity index (χ2n) is 3.88. The van der Waals surface area contributed by atoms with Crippen molar-refractivity contribution in [3.05, 3.63) is 29.0 Å². The fourth-order valence-electron chi connectivity index (χ4n) is 1.22. The van der Waals surface area contributed by atoms with Crippen LogP contribution in [0.1, 0.15) is 19.5 Å². The predicted molar refractivity (Wildman–Crippen MR) is 55.8 cm³/mol. The van der Waals surface area contributed by atoms with Crippen molar-refractivity contribution in [2.24, 2.45) is 4.99 Å². The maximum absolute atomic E-state index is 5.73. The minimum absolute atomic E-state index is 0.142. The van der Waals surface area contributed by atoms with Gasteiger partial charge in [-0.2, -0.15) is 0 Å². The molecule has 0 unspecified atom stereocenters. The van der Waals surface area contributed by atoms with E-state index in [9.17, 15) is 0 Å². The van der Waals surface area contributed by atoms with Crippen LogP contribution in [0.4, 0.5) is 0 Å². The number of ether oxygens (including phenoxy) is 1. The Morgan fingerprint density at radius 3 is 2.71 bits per heavy atom. The monoisotopic (exact) mass is 210 g/mol. The molecule has 4 heteroatoms. The summed E-state index contributed by atoms with van der Waals surface area (Å²) in [6.07, 6.45) is 1.59. The van der Waals surface area contributed by atoms with Crippen LogP contribution >= 0.6 is 11.6 Å². The van der Waals surface area contributed by atoms with Crippen LogP contribution in [0.15, 0.2) is 23.3 Å². The van der Waals surface area contributed by atoms with Crippen molar-refractivity contribution < 1.29 is 4.74 Å². The summed E-state index contributed by atoms with van der Waals surface area (Å²) in [5.74, 6) is 0.603. The number of hydrogen-bond acceptors (Lipinski definition) is 3. The van der Waals surface area contributed by atoms with Crippen molar-refractivity contribution in [2.45, 2.75) is 19.4 Å². The van der Waals surface area contributed by atoms with Gasteiger partial charge in [-0.3, -0.25) is 0 Å². The minimum atomic E-state index is -0.142. The first kappa shape index (κ1) is 9.46. The van der Waals surface area contributed by atoms with Gasteiger partial charge in [0.25, 0.3) is 0 Å². The van der Waals surface area contributed by atoms with Crippen LogP contribution < -0.4 is 0 Å². The smallest absolute Gasteiger partial charge is 0.236 e. The third-order valence-corrected chi connectivity index (χ3v) is 2.14. The van der Waals surface area contributed by atoms with Gasteiger partial charge in [-0.25, -0.2) is 9.98 Å². The lowest BCUT2D eigenvalue weighted by Crippen LogP contribution is -2.17. The Kier molecular flexibility index (Phi) is 2.19. The zero-order valence-electron chi connectivity index (χ0n) is 8.12. The molecule has 0 aliphatic carbocycles. The summed E-state index contributed by atoms with van der Waals surface area (Å²) < 4.78 is 5.44. The first-order valence-corrected chi connectivity index (χ1v) is 4.79. The van der Waals surface area contributed by atoms with Crippen molar-refractivity contribution in [2.75, 3.05) is 6.61 Å². The zero-order valence-corrected chi connectivity index (χ0v) is 8.88. The molecule has 2 rings (SSSR count). The highest BCUT2D eigenvalue weighted by Crippen LogP contribution is 2.20. The summed E-state index contributed by atoms with van der Waals surface area (Å²) in [5.41, 5.74) is 0.594. The van der Waals surface area contributed by atoms with Crippen molar-refractivity contribution in [3.8, 4) is 0 Å². The van der Waals surface area contributed by atoms with Crippen LogP contribution in [0.2, 0.25) is 5.02 Å². The zero-order chi connectivity index (χ0) is 10.2. The van der Waals surface area contributed by atoms with E-state index in [-0.39, 0.29) is 5.54 Å². The lowest BCUT2D eigenvalue weighted by molar-refractivity contribution is 0.279. The summed E-state index contributed by atoms with van der Waals surface area (Å²) in [6, 6.07) is 3.59. The molecule has 14 heavy (non-hydrogen) atoms. The molecule has 1 aliphatic heterocycles. The van der Waals surface area contributed by atoms with E-state index in [0.717, 1.165) is 5.69 Å². The lowest BCUT2D eigenvalue weighted by Gasteiger charge is -2.07. The first-order chi connectivity index (χ1) is 6.57. The van der Waals surface area contributed by atoms with Gasteiger partial charge in [0.1, 0.15) is 12.3 Å². The molecule has 1 aromatic heterocycles. The Morgan fingerprint density at radius 1 is 1.43 bits per heavy atom. The van der Waals surface area contributed by atoms with Crippen molar-refractivity contribution in [1.82, 2.24) is 4.98 Å². The van der Waals surface area contributed by atoms with Gasteiger partial charge in [0.05, 0.1) is 10.6 Å². The van der Waals surface area contributed by atoms with Crippen molar-refractivity contribution in [3.63, 3.8) is 0 Å². The highest BCUT2D eigenvalue weighted by molar-refractivity contribution is 6.30. The maximum Gasteiger partial charge on any atom is 0.236 e. The Balaban J connectivity index is 2.29. The fraction of sp³-hybridized carbons (Fsp3) is 0.400. The van der Waals surface area contributed by atoms with Gasteiger partial charge in [-0.1, -0.05) is 11.6 Å². The third kappa shape index (κ3) is 1.87. The van der Waals surface area contributed by atoms with E-state index >= 15 is 0 Å². The average molecular weight is 211 g/mol. The van der Waals surface area contributed by atoms with E-state index in [4.69, 9.17) is 16.3 Å². The molecule has 0 amide bonds. The van der Waals surface area contributed by atoms with E-state index in [2.05, 4.69) is 9.98 Å². The summed E-state index contributed by atoms with van der Waals surface area (Å²) in [7, 11) is 0. The lowest BCUT2D eigenvalue weighted by atomic mass is 10.1. The SMILES string of the molecule is CC1(C)COC(c2ccc(Cl)cn2)=N1. The molecular formula is C10H11ClN2O. The quantitative estimate of drug-likeness (QED) is 0.713. The predicted octanol–water partition coefficient (Wildman–Crippen LogP) is 2.29. The van der Waals surface area contributed by atoms with Gasteiger partial charge < -0.3 is 4.74 Å². The van der Waals surface area contributed by atoms with Crippen LogP contribution in [-0.4, -0.2) is 23.0 Å². The number of halogens is 1. The van der Waals surface area contributed by atoms with Crippen molar-refractivity contribution in [1.29, 1.82) is 0 Å². The molecule has 74 valence electrons. The van der Waals surface area contributed by atoms with Gasteiger partial charge >= 0.3 is 0 Å². The molecule has 2 heterocycles. The van der Waals surface area contributed by atoms with E-state index in [1.165, 1.54) is 0 Å². The maximum atomic E-state index is 5.73. The highest BCUT2D eigenvalue weighted by Gasteiger charge is 2.27. The fourth-order valence-corrected chi connectivity index (χ4v) is 1.33. The van der Waals surface area contributed by atoms with Crippen LogP contribution in [0.25, 0.3) is 0 Å². The molecule has 0 atom stereocenters. The molecule has 1 aliphatic rings. The molecule has 0 fully saturated rings. The second kappa shape index (κ2) is 3.24. The normalized spacial score (nSPS) is 18.9. The topological polar surface area (TPSA) is 34.5 Å². The molecule has 3 nitrogen and oxygen atoms in total. The molecule has 1 aromatic rings. The Labute approximate surface area is 87.8 Å². The highest BCUT2D eigenvalue weighted by atomic mass is 35.5. The standard InChI is InChI=1S/C10H11ClN2O/c1-10(2)6-14-9(13-10)8-4-3-7(11)5-12-8/h3-5H,6H2,1-2H3. The molecule has 0 spiro atoms. The number of hydrogen-bond donors (Lipinski definition) is 0. The number of pyridine rings is 1. The molecule has 0 saturated heterocycles. The van der Waals surface area contributed by atoms with Gasteiger partial charge in [-0.05, 0) is 26.0 Å². The second-order valence-corrected chi connectivity index (χ2v) is 4.32. The van der Waals surface area contributed by atoms with Crippen molar-refractivity contribution >= 4 is 17.5 Å². The average Bonchev–Trinajstić information content (AvgIpc) is 2.47. The third-order valence-electron chi connectivity index (χ3n) is 1.91. The van der Waals surface area contributed by atoms with Crippen LogP contribution in [0.3, 0.4) is 0 Å². The molecule has 0 N–H and O–H groups in total. The van der Waals surface area contributed by atoms with Crippen LogP contribution in [-0.2, 0) is 4.74 Å². The summed E-state index contributed by atoms with van der Waals surface area (Å²) in [5, 5.41) is 0.617. The van der Waals surface area contributed by atoms with Gasteiger partial charge in [0.15, 0.2) is 0 Å². The largest absolute Gasteiger partial charge is 0.474 e. The Hall–Kier alpha value is -1.09. The summed E-state index contributed by atoms with van der Waals surface area (Å²) in [6.45, 7) is 4.65. The van der Waals surface area contributed by atoms with E-state index in [1.54, 1.807) is 12.3 Å². The van der Waals surface area contributed by atoms with Crippen LogP contribution in [0.5, 0.6) is 0 Å². The van der Waals surface area contributed by atoms with Gasteiger partial charge in [0.2, 0.25) is 5.90 Å². The summed E-state index contributed by atoms with van der Waals surface area (Å²) in [4.78, 5) is 8.55. The number of rotatable bonds is 1. The molecule has 0 aromatic carbocycles. The summed E-state index contributed by atoms with van der Waals surface area (Å²) >= 11 is 5.73. The molecule has 0 bridgehead atoms. The number of nitrogens with zero attached hydrogens (tertiary/aromatic N) is 2. The van der Waals surface area contributed by atoms with E-state index in [0.29, 0.717) is 17.5 Å². The van der Waals surface area contributed by atoms with Gasteiger partial charge in [0, 0.05) is 6.20 Å². The number of aromatic nitrogens is 1. The van der Waals surface area contributed by atoms with Crippen LogP contribution in [0, 0.1) is 0 Å². The Bertz CT molecular complexity index is 370. The van der Waals surface area contributed by atoms with E-state index in [1.807, 2.05) is 19.9 Å². The molecular weight excluding hydrogens is 200 g/mol. The molecule has 0 saturated carbocycles. The number of aliphatic imine (C=N–C) groups is 1. The first-order valence-electron chi connectivity index (χ1n) is 4.41. The van der Waals surface area contributed by atoms with Gasteiger partial charge in [-0.15, -0.1) is 0 Å². The Morgan fingerprint density at radius 2 is 2.21 bits per heavy atom. The molecule has 0 radical (unpaired) electrons.